The van der Waals surface area contributed by atoms with Crippen molar-refractivity contribution in [1.29, 1.82) is 0 Å². The second-order valence-corrected chi connectivity index (χ2v) is 6.11. The molecule has 0 atom stereocenters. The molecule has 0 spiro atoms. The van der Waals surface area contributed by atoms with Gasteiger partial charge in [0.2, 0.25) is 0 Å². The van der Waals surface area contributed by atoms with Gasteiger partial charge < -0.3 is 9.64 Å². The first kappa shape index (κ1) is 15.7. The zero-order chi connectivity index (χ0) is 14.5. The molecule has 0 fully saturated rings. The number of ether oxygens (including phenoxy) is 1. The Balaban J connectivity index is 2.50. The highest BCUT2D eigenvalue weighted by Crippen LogP contribution is 2.22. The molecular formula is C16H25NO2. The maximum Gasteiger partial charge on any atom is 0.168 e. The predicted octanol–water partition coefficient (Wildman–Crippen LogP) is 3.25. The molecule has 0 radical (unpaired) electrons. The van der Waals surface area contributed by atoms with Crippen molar-refractivity contribution in [2.45, 2.75) is 27.2 Å². The second-order valence-electron chi connectivity index (χ2n) is 6.11. The van der Waals surface area contributed by atoms with Crippen LogP contribution in [-0.2, 0) is 0 Å². The fourth-order valence-corrected chi connectivity index (χ4v) is 1.71. The lowest BCUT2D eigenvalue weighted by molar-refractivity contribution is 0.0858. The number of hydrogen-bond donors (Lipinski definition) is 0. The molecule has 0 aliphatic heterocycles. The number of ketones is 1. The molecule has 1 rings (SSSR count). The molecule has 3 heteroatoms. The quantitative estimate of drug-likeness (QED) is 0.583. The zero-order valence-corrected chi connectivity index (χ0v) is 12.7. The standard InChI is InChI=1S/C16H25NO2/c1-16(2,3)15(18)13-7-9-14(10-8-13)19-12-6-11-17(4)5/h7-10H,6,11-12H2,1-5H3. The molecule has 19 heavy (non-hydrogen) atoms. The number of hydrogen-bond acceptors (Lipinski definition) is 3. The summed E-state index contributed by atoms with van der Waals surface area (Å²) in [6, 6.07) is 7.42. The monoisotopic (exact) mass is 263 g/mol. The molecule has 3 nitrogen and oxygen atoms in total. The molecule has 0 aliphatic rings. The molecule has 0 heterocycles. The lowest BCUT2D eigenvalue weighted by atomic mass is 9.86. The number of benzene rings is 1. The Morgan fingerprint density at radius 2 is 1.74 bits per heavy atom. The van der Waals surface area contributed by atoms with Crippen LogP contribution in [0.2, 0.25) is 0 Å². The van der Waals surface area contributed by atoms with Crippen LogP contribution in [-0.4, -0.2) is 37.9 Å². The molecule has 0 N–H and O–H groups in total. The summed E-state index contributed by atoms with van der Waals surface area (Å²) in [5, 5.41) is 0. The van der Waals surface area contributed by atoms with Gasteiger partial charge in [0.25, 0.3) is 0 Å². The van der Waals surface area contributed by atoms with Gasteiger partial charge in [0, 0.05) is 17.5 Å². The van der Waals surface area contributed by atoms with Gasteiger partial charge in [-0.1, -0.05) is 20.8 Å². The molecule has 1 aromatic carbocycles. The number of Topliss-reactive ketones (excluding diaryl/α,β-unsaturated/α-hetero) is 1. The zero-order valence-electron chi connectivity index (χ0n) is 12.7. The Kier molecular flexibility index (Phi) is 5.55. The minimum absolute atomic E-state index is 0.159. The van der Waals surface area contributed by atoms with Crippen molar-refractivity contribution in [3.8, 4) is 5.75 Å². The van der Waals surface area contributed by atoms with Gasteiger partial charge in [0.15, 0.2) is 5.78 Å². The van der Waals surface area contributed by atoms with Gasteiger partial charge in [-0.15, -0.1) is 0 Å². The lowest BCUT2D eigenvalue weighted by Crippen LogP contribution is -2.20. The van der Waals surface area contributed by atoms with Crippen LogP contribution in [0.25, 0.3) is 0 Å². The second kappa shape index (κ2) is 6.71. The van der Waals surface area contributed by atoms with E-state index in [0.717, 1.165) is 24.3 Å². The van der Waals surface area contributed by atoms with Crippen molar-refractivity contribution in [3.63, 3.8) is 0 Å². The smallest absolute Gasteiger partial charge is 0.168 e. The fourth-order valence-electron chi connectivity index (χ4n) is 1.71. The maximum absolute atomic E-state index is 12.1. The van der Waals surface area contributed by atoms with Gasteiger partial charge >= 0.3 is 0 Å². The molecule has 0 saturated carbocycles. The van der Waals surface area contributed by atoms with Crippen LogP contribution in [0.1, 0.15) is 37.6 Å². The van der Waals surface area contributed by atoms with E-state index in [0.29, 0.717) is 6.61 Å². The summed E-state index contributed by atoms with van der Waals surface area (Å²) in [4.78, 5) is 14.2. The van der Waals surface area contributed by atoms with Crippen LogP contribution >= 0.6 is 0 Å². The first-order chi connectivity index (χ1) is 8.80. The molecule has 0 saturated heterocycles. The molecule has 0 aromatic heterocycles. The first-order valence-corrected chi connectivity index (χ1v) is 6.73. The van der Waals surface area contributed by atoms with Crippen LogP contribution < -0.4 is 4.74 Å². The summed E-state index contributed by atoms with van der Waals surface area (Å²) in [5.74, 6) is 0.982. The van der Waals surface area contributed by atoms with Crippen molar-refractivity contribution >= 4 is 5.78 Å². The molecule has 0 amide bonds. The van der Waals surface area contributed by atoms with Crippen LogP contribution in [0.4, 0.5) is 0 Å². The van der Waals surface area contributed by atoms with Crippen LogP contribution in [0.5, 0.6) is 5.75 Å². The Morgan fingerprint density at radius 1 is 1.16 bits per heavy atom. The van der Waals surface area contributed by atoms with Crippen molar-refractivity contribution in [2.24, 2.45) is 5.41 Å². The van der Waals surface area contributed by atoms with Gasteiger partial charge in [-0.3, -0.25) is 4.79 Å². The average Bonchev–Trinajstić information content (AvgIpc) is 2.33. The van der Waals surface area contributed by atoms with Crippen LogP contribution in [0.3, 0.4) is 0 Å². The van der Waals surface area contributed by atoms with Crippen molar-refractivity contribution in [2.75, 3.05) is 27.2 Å². The Morgan fingerprint density at radius 3 is 2.21 bits per heavy atom. The molecular weight excluding hydrogens is 238 g/mol. The van der Waals surface area contributed by atoms with E-state index < -0.39 is 0 Å². The molecule has 0 aliphatic carbocycles. The van der Waals surface area contributed by atoms with E-state index in [2.05, 4.69) is 4.90 Å². The SMILES string of the molecule is CN(C)CCCOc1ccc(C(=O)C(C)(C)C)cc1. The number of carbonyl (C=O) groups excluding carboxylic acids is 1. The van der Waals surface area contributed by atoms with Gasteiger partial charge in [0.05, 0.1) is 6.61 Å². The van der Waals surface area contributed by atoms with E-state index in [4.69, 9.17) is 4.74 Å². The van der Waals surface area contributed by atoms with Gasteiger partial charge in [-0.25, -0.2) is 0 Å². The Bertz CT molecular complexity index is 402. The van der Waals surface area contributed by atoms with E-state index in [1.54, 1.807) is 0 Å². The van der Waals surface area contributed by atoms with Crippen molar-refractivity contribution in [1.82, 2.24) is 4.90 Å². The third kappa shape index (κ3) is 5.43. The van der Waals surface area contributed by atoms with Crippen molar-refractivity contribution < 1.29 is 9.53 Å². The van der Waals surface area contributed by atoms with Crippen LogP contribution in [0.15, 0.2) is 24.3 Å². The van der Waals surface area contributed by atoms with E-state index >= 15 is 0 Å². The summed E-state index contributed by atoms with van der Waals surface area (Å²) in [6.07, 6.45) is 0.996. The first-order valence-electron chi connectivity index (χ1n) is 6.73. The Labute approximate surface area is 116 Å². The molecule has 0 bridgehead atoms. The summed E-state index contributed by atoms with van der Waals surface area (Å²) in [5.41, 5.74) is 0.404. The van der Waals surface area contributed by atoms with Gasteiger partial charge in [-0.05, 0) is 44.8 Å². The molecule has 106 valence electrons. The number of rotatable bonds is 6. The maximum atomic E-state index is 12.1. The highest BCUT2D eigenvalue weighted by atomic mass is 16.5. The molecule has 1 aromatic rings. The van der Waals surface area contributed by atoms with Crippen molar-refractivity contribution in [3.05, 3.63) is 29.8 Å². The van der Waals surface area contributed by atoms with Gasteiger partial charge in [0.1, 0.15) is 5.75 Å². The van der Waals surface area contributed by atoms with Crippen LogP contribution in [0, 0.1) is 5.41 Å². The third-order valence-electron chi connectivity index (χ3n) is 2.82. The average molecular weight is 263 g/mol. The number of carbonyl (C=O) groups is 1. The largest absolute Gasteiger partial charge is 0.494 e. The minimum Gasteiger partial charge on any atom is -0.494 e. The Hall–Kier alpha value is -1.35. The third-order valence-corrected chi connectivity index (χ3v) is 2.82. The summed E-state index contributed by atoms with van der Waals surface area (Å²) in [6.45, 7) is 7.51. The fraction of sp³-hybridized carbons (Fsp3) is 0.562. The number of nitrogens with zero attached hydrogens (tertiary/aromatic N) is 1. The summed E-state index contributed by atoms with van der Waals surface area (Å²) >= 11 is 0. The van der Waals surface area contributed by atoms with E-state index in [1.807, 2.05) is 59.1 Å². The van der Waals surface area contributed by atoms with E-state index in [-0.39, 0.29) is 11.2 Å². The predicted molar refractivity (Wildman–Crippen MR) is 78.9 cm³/mol. The topological polar surface area (TPSA) is 29.5 Å². The lowest BCUT2D eigenvalue weighted by Gasteiger charge is -2.16. The highest BCUT2D eigenvalue weighted by Gasteiger charge is 2.22. The normalized spacial score (nSPS) is 11.7. The highest BCUT2D eigenvalue weighted by molar-refractivity contribution is 5.99. The van der Waals surface area contributed by atoms with E-state index in [9.17, 15) is 4.79 Å². The summed E-state index contributed by atoms with van der Waals surface area (Å²) in [7, 11) is 4.10. The summed E-state index contributed by atoms with van der Waals surface area (Å²) < 4.78 is 5.64. The van der Waals surface area contributed by atoms with E-state index in [1.165, 1.54) is 0 Å². The van der Waals surface area contributed by atoms with Gasteiger partial charge in [-0.2, -0.15) is 0 Å². The molecule has 0 unspecified atom stereocenters. The minimum atomic E-state index is -0.339.